The zero-order valence-corrected chi connectivity index (χ0v) is 12.4. The van der Waals surface area contributed by atoms with E-state index in [1.807, 2.05) is 30.3 Å². The first-order chi connectivity index (χ1) is 8.73. The molecule has 0 bridgehead atoms. The third-order valence-corrected chi connectivity index (χ3v) is 6.07. The summed E-state index contributed by atoms with van der Waals surface area (Å²) in [4.78, 5) is 0. The van der Waals surface area contributed by atoms with Gasteiger partial charge in [0.15, 0.2) is 0 Å². The summed E-state index contributed by atoms with van der Waals surface area (Å²) in [7, 11) is -3.43. The lowest BCUT2D eigenvalue weighted by Gasteiger charge is -2.31. The maximum Gasteiger partial charge on any atom is 0.219 e. The van der Waals surface area contributed by atoms with Crippen LogP contribution in [0.4, 0.5) is 0 Å². The molecule has 0 amide bonds. The van der Waals surface area contributed by atoms with Crippen LogP contribution in [0, 0.1) is 0 Å². The Bertz CT molecular complexity index is 534. The Hall–Kier alpha value is -0.910. The number of hydrogen-bond donors (Lipinski definition) is 1. The van der Waals surface area contributed by atoms with E-state index < -0.39 is 20.9 Å². The lowest BCUT2D eigenvalue weighted by atomic mass is 10.1. The van der Waals surface area contributed by atoms with Crippen LogP contribution in [0.5, 0.6) is 0 Å². The predicted octanol–water partition coefficient (Wildman–Crippen LogP) is 1.92. The summed E-state index contributed by atoms with van der Waals surface area (Å²) in [6.45, 7) is 5.25. The third kappa shape index (κ3) is 2.68. The molecule has 1 aromatic rings. The molecule has 4 nitrogen and oxygen atoms in total. The number of β-amino-alcohol motifs (C(OH)–C–C–N with tert-alkyl or cyclic N) is 1. The lowest BCUT2D eigenvalue weighted by Crippen LogP contribution is -2.43. The van der Waals surface area contributed by atoms with Gasteiger partial charge in [-0.2, -0.15) is 4.31 Å². The van der Waals surface area contributed by atoms with Crippen molar-refractivity contribution < 1.29 is 13.5 Å². The molecule has 0 radical (unpaired) electrons. The van der Waals surface area contributed by atoms with Gasteiger partial charge in [-0.25, -0.2) is 8.42 Å². The molecule has 0 unspecified atom stereocenters. The SMILES string of the molecule is CC(C)(C)S(=O)(=O)N1C[C@@H](O)C[C@@H]1c1ccccc1. The summed E-state index contributed by atoms with van der Waals surface area (Å²) < 4.78 is 25.8. The van der Waals surface area contributed by atoms with Crippen LogP contribution < -0.4 is 0 Å². The van der Waals surface area contributed by atoms with Gasteiger partial charge in [0, 0.05) is 6.54 Å². The van der Waals surface area contributed by atoms with Crippen LogP contribution in [0.2, 0.25) is 0 Å². The van der Waals surface area contributed by atoms with E-state index in [0.717, 1.165) is 5.56 Å². The number of aliphatic hydroxyl groups excluding tert-OH is 1. The van der Waals surface area contributed by atoms with Gasteiger partial charge < -0.3 is 5.11 Å². The monoisotopic (exact) mass is 283 g/mol. The highest BCUT2D eigenvalue weighted by molar-refractivity contribution is 7.90. The Morgan fingerprint density at radius 1 is 1.21 bits per heavy atom. The Kier molecular flexibility index (Phi) is 3.73. The summed E-state index contributed by atoms with van der Waals surface area (Å²) in [5.41, 5.74) is 0.937. The number of hydrogen-bond acceptors (Lipinski definition) is 3. The van der Waals surface area contributed by atoms with Crippen LogP contribution in [0.15, 0.2) is 30.3 Å². The first-order valence-corrected chi connectivity index (χ1v) is 7.92. The zero-order chi connectivity index (χ0) is 14.3. The molecule has 1 fully saturated rings. The second-order valence-corrected chi connectivity index (χ2v) is 8.65. The largest absolute Gasteiger partial charge is 0.392 e. The molecule has 0 spiro atoms. The third-order valence-electron chi connectivity index (χ3n) is 3.50. The second kappa shape index (κ2) is 4.89. The zero-order valence-electron chi connectivity index (χ0n) is 11.6. The summed E-state index contributed by atoms with van der Waals surface area (Å²) in [6, 6.07) is 9.24. The average molecular weight is 283 g/mol. The molecule has 0 saturated carbocycles. The van der Waals surface area contributed by atoms with Crippen LogP contribution in [0.25, 0.3) is 0 Å². The highest BCUT2D eigenvalue weighted by atomic mass is 32.2. The average Bonchev–Trinajstić information content (AvgIpc) is 2.71. The number of benzene rings is 1. The van der Waals surface area contributed by atoms with Crippen molar-refractivity contribution in [2.45, 2.75) is 44.1 Å². The summed E-state index contributed by atoms with van der Waals surface area (Å²) >= 11 is 0. The van der Waals surface area contributed by atoms with Gasteiger partial charge in [0.25, 0.3) is 0 Å². The molecule has 1 heterocycles. The Labute approximate surface area is 115 Å². The van der Waals surface area contributed by atoms with E-state index in [2.05, 4.69) is 0 Å². The highest BCUT2D eigenvalue weighted by Crippen LogP contribution is 2.37. The van der Waals surface area contributed by atoms with Crippen molar-refractivity contribution >= 4 is 10.0 Å². The topological polar surface area (TPSA) is 57.6 Å². The number of rotatable bonds is 2. The Balaban J connectivity index is 2.40. The van der Waals surface area contributed by atoms with Crippen LogP contribution in [0.1, 0.15) is 38.8 Å². The van der Waals surface area contributed by atoms with Crippen LogP contribution >= 0.6 is 0 Å². The minimum atomic E-state index is -3.43. The van der Waals surface area contributed by atoms with Crippen molar-refractivity contribution in [1.82, 2.24) is 4.31 Å². The van der Waals surface area contributed by atoms with E-state index in [9.17, 15) is 13.5 Å². The van der Waals surface area contributed by atoms with Crippen molar-refractivity contribution in [3.8, 4) is 0 Å². The molecule has 2 atom stereocenters. The number of aliphatic hydroxyl groups is 1. The maximum atomic E-state index is 12.6. The summed E-state index contributed by atoms with van der Waals surface area (Å²) in [5, 5.41) is 9.85. The smallest absolute Gasteiger partial charge is 0.219 e. The highest BCUT2D eigenvalue weighted by Gasteiger charge is 2.44. The van der Waals surface area contributed by atoms with Crippen molar-refractivity contribution in [2.24, 2.45) is 0 Å². The van der Waals surface area contributed by atoms with Gasteiger partial charge in [-0.1, -0.05) is 30.3 Å². The van der Waals surface area contributed by atoms with Crippen LogP contribution in [-0.2, 0) is 10.0 Å². The van der Waals surface area contributed by atoms with Gasteiger partial charge in [0.1, 0.15) is 0 Å². The Morgan fingerprint density at radius 3 is 2.32 bits per heavy atom. The van der Waals surface area contributed by atoms with Crippen molar-refractivity contribution in [3.05, 3.63) is 35.9 Å². The van der Waals surface area contributed by atoms with E-state index in [-0.39, 0.29) is 12.6 Å². The van der Waals surface area contributed by atoms with Crippen molar-refractivity contribution in [3.63, 3.8) is 0 Å². The Morgan fingerprint density at radius 2 is 1.79 bits per heavy atom. The van der Waals surface area contributed by atoms with Gasteiger partial charge in [-0.15, -0.1) is 0 Å². The quantitative estimate of drug-likeness (QED) is 0.902. The van der Waals surface area contributed by atoms with E-state index in [1.165, 1.54) is 4.31 Å². The van der Waals surface area contributed by atoms with Gasteiger partial charge in [-0.05, 0) is 32.8 Å². The molecule has 0 aromatic heterocycles. The molecule has 1 aliphatic rings. The fourth-order valence-corrected chi connectivity index (χ4v) is 3.99. The van der Waals surface area contributed by atoms with E-state index >= 15 is 0 Å². The predicted molar refractivity (Wildman–Crippen MR) is 75.2 cm³/mol. The minimum absolute atomic E-state index is 0.180. The van der Waals surface area contributed by atoms with Crippen LogP contribution in [-0.4, -0.2) is 35.2 Å². The van der Waals surface area contributed by atoms with Gasteiger partial charge in [-0.3, -0.25) is 0 Å². The van der Waals surface area contributed by atoms with Gasteiger partial charge >= 0.3 is 0 Å². The molecule has 106 valence electrons. The molecule has 19 heavy (non-hydrogen) atoms. The van der Waals surface area contributed by atoms with E-state index in [0.29, 0.717) is 6.42 Å². The first-order valence-electron chi connectivity index (χ1n) is 6.48. The molecule has 1 saturated heterocycles. The molecular formula is C14H21NO3S. The van der Waals surface area contributed by atoms with Gasteiger partial charge in [0.2, 0.25) is 10.0 Å². The molecule has 1 aliphatic heterocycles. The molecule has 2 rings (SSSR count). The van der Waals surface area contributed by atoms with E-state index in [4.69, 9.17) is 0 Å². The van der Waals surface area contributed by atoms with Crippen molar-refractivity contribution in [1.29, 1.82) is 0 Å². The lowest BCUT2D eigenvalue weighted by molar-refractivity contribution is 0.188. The fraction of sp³-hybridized carbons (Fsp3) is 0.571. The molecule has 5 heteroatoms. The number of sulfonamides is 1. The fourth-order valence-electron chi connectivity index (χ4n) is 2.38. The summed E-state index contributed by atoms with van der Waals surface area (Å²) in [5.74, 6) is 0. The first kappa shape index (κ1) is 14.5. The van der Waals surface area contributed by atoms with Crippen molar-refractivity contribution in [2.75, 3.05) is 6.54 Å². The standard InChI is InChI=1S/C14H21NO3S/c1-14(2,3)19(17,18)15-10-12(16)9-13(15)11-7-5-4-6-8-11/h4-8,12-13,16H,9-10H2,1-3H3/t12-,13+/m0/s1. The molecule has 0 aliphatic carbocycles. The van der Waals surface area contributed by atoms with E-state index in [1.54, 1.807) is 20.8 Å². The minimum Gasteiger partial charge on any atom is -0.392 e. The maximum absolute atomic E-state index is 12.6. The second-order valence-electron chi connectivity index (χ2n) is 6.00. The van der Waals surface area contributed by atoms with Gasteiger partial charge in [0.05, 0.1) is 16.9 Å². The number of nitrogens with zero attached hydrogens (tertiary/aromatic N) is 1. The normalized spacial score (nSPS) is 25.7. The molecular weight excluding hydrogens is 262 g/mol. The molecule has 1 N–H and O–H groups in total. The molecule has 1 aromatic carbocycles. The van der Waals surface area contributed by atoms with Crippen LogP contribution in [0.3, 0.4) is 0 Å². The summed E-state index contributed by atoms with van der Waals surface area (Å²) in [6.07, 6.45) is -0.137.